The lowest BCUT2D eigenvalue weighted by Crippen LogP contribution is -2.37. The van der Waals surface area contributed by atoms with Crippen LogP contribution in [-0.2, 0) is 6.54 Å². The molecule has 1 fully saturated rings. The van der Waals surface area contributed by atoms with E-state index in [-0.39, 0.29) is 6.10 Å². The van der Waals surface area contributed by atoms with Crippen LogP contribution in [0.15, 0.2) is 12.1 Å². The van der Waals surface area contributed by atoms with Crippen molar-refractivity contribution in [2.45, 2.75) is 32.4 Å². The zero-order valence-electron chi connectivity index (χ0n) is 12.0. The average molecular weight is 265 g/mol. The Hall–Kier alpha value is -1.26. The van der Waals surface area contributed by atoms with E-state index in [0.717, 1.165) is 44.0 Å². The van der Waals surface area contributed by atoms with Crippen LogP contribution >= 0.6 is 0 Å². The number of ether oxygens (including phenoxy) is 2. The number of hydrogen-bond acceptors (Lipinski definition) is 4. The number of aliphatic hydroxyl groups is 1. The van der Waals surface area contributed by atoms with E-state index in [4.69, 9.17) is 9.47 Å². The Bertz CT molecular complexity index is 434. The predicted octanol–water partition coefficient (Wildman–Crippen LogP) is 1.97. The lowest BCUT2D eigenvalue weighted by molar-refractivity contribution is 0.0667. The van der Waals surface area contributed by atoms with Gasteiger partial charge in [-0.1, -0.05) is 0 Å². The molecule has 4 nitrogen and oxygen atoms in total. The Kier molecular flexibility index (Phi) is 4.66. The maximum Gasteiger partial charge on any atom is 0.161 e. The van der Waals surface area contributed by atoms with Crippen LogP contribution in [0, 0.1) is 6.92 Å². The molecule has 1 atom stereocenters. The van der Waals surface area contributed by atoms with E-state index in [0.29, 0.717) is 0 Å². The molecule has 1 aliphatic heterocycles. The summed E-state index contributed by atoms with van der Waals surface area (Å²) in [5.74, 6) is 1.53. The van der Waals surface area contributed by atoms with E-state index in [1.54, 1.807) is 14.2 Å². The summed E-state index contributed by atoms with van der Waals surface area (Å²) in [6, 6.07) is 4.05. The number of piperidine rings is 1. The molecule has 1 aliphatic rings. The van der Waals surface area contributed by atoms with Crippen molar-refractivity contribution >= 4 is 0 Å². The van der Waals surface area contributed by atoms with Gasteiger partial charge in [-0.3, -0.25) is 4.90 Å². The number of likely N-dealkylation sites (tertiary alicyclic amines) is 1. The smallest absolute Gasteiger partial charge is 0.161 e. The molecule has 0 bridgehead atoms. The number of β-amino-alcohol motifs (C(OH)–C–C–N with tert-alkyl or cyclic N) is 1. The van der Waals surface area contributed by atoms with E-state index in [1.165, 1.54) is 11.1 Å². The van der Waals surface area contributed by atoms with Crippen LogP contribution in [0.2, 0.25) is 0 Å². The molecule has 1 aromatic carbocycles. The summed E-state index contributed by atoms with van der Waals surface area (Å²) in [7, 11) is 3.31. The number of benzene rings is 1. The van der Waals surface area contributed by atoms with Crippen LogP contribution in [-0.4, -0.2) is 43.4 Å². The fourth-order valence-corrected chi connectivity index (χ4v) is 2.61. The van der Waals surface area contributed by atoms with Gasteiger partial charge >= 0.3 is 0 Å². The van der Waals surface area contributed by atoms with Crippen molar-refractivity contribution in [2.24, 2.45) is 0 Å². The van der Waals surface area contributed by atoms with Crippen molar-refractivity contribution < 1.29 is 14.6 Å². The minimum Gasteiger partial charge on any atom is -0.493 e. The molecular formula is C15H23NO3. The highest BCUT2D eigenvalue weighted by Crippen LogP contribution is 2.31. The van der Waals surface area contributed by atoms with Gasteiger partial charge in [-0.2, -0.15) is 0 Å². The summed E-state index contributed by atoms with van der Waals surface area (Å²) >= 11 is 0. The van der Waals surface area contributed by atoms with Gasteiger partial charge in [0.1, 0.15) is 0 Å². The topological polar surface area (TPSA) is 41.9 Å². The third kappa shape index (κ3) is 3.39. The second kappa shape index (κ2) is 6.26. The molecule has 1 heterocycles. The monoisotopic (exact) mass is 265 g/mol. The normalized spacial score (nSPS) is 20.3. The van der Waals surface area contributed by atoms with Gasteiger partial charge in [-0.15, -0.1) is 0 Å². The zero-order chi connectivity index (χ0) is 13.8. The Balaban J connectivity index is 2.15. The summed E-state index contributed by atoms with van der Waals surface area (Å²) in [6.07, 6.45) is 1.80. The summed E-state index contributed by atoms with van der Waals surface area (Å²) in [5, 5.41) is 9.72. The molecule has 0 radical (unpaired) electrons. The molecule has 0 unspecified atom stereocenters. The number of rotatable bonds is 4. The first-order valence-electron chi connectivity index (χ1n) is 6.76. The maximum atomic E-state index is 9.72. The van der Waals surface area contributed by atoms with Gasteiger partial charge in [0.15, 0.2) is 11.5 Å². The fourth-order valence-electron chi connectivity index (χ4n) is 2.61. The molecule has 0 amide bonds. The third-order valence-corrected chi connectivity index (χ3v) is 3.72. The fraction of sp³-hybridized carbons (Fsp3) is 0.600. The van der Waals surface area contributed by atoms with Crippen molar-refractivity contribution in [1.29, 1.82) is 0 Å². The Morgan fingerprint density at radius 2 is 1.95 bits per heavy atom. The molecule has 4 heteroatoms. The van der Waals surface area contributed by atoms with Gasteiger partial charge in [0.05, 0.1) is 20.3 Å². The quantitative estimate of drug-likeness (QED) is 0.904. The maximum absolute atomic E-state index is 9.72. The number of hydrogen-bond donors (Lipinski definition) is 1. The largest absolute Gasteiger partial charge is 0.493 e. The molecule has 0 aliphatic carbocycles. The predicted molar refractivity (Wildman–Crippen MR) is 74.8 cm³/mol. The highest BCUT2D eigenvalue weighted by atomic mass is 16.5. The second-order valence-corrected chi connectivity index (χ2v) is 5.16. The number of nitrogens with zero attached hydrogens (tertiary/aromatic N) is 1. The average Bonchev–Trinajstić information content (AvgIpc) is 2.40. The first kappa shape index (κ1) is 14.2. The first-order chi connectivity index (χ1) is 9.13. The van der Waals surface area contributed by atoms with E-state index in [2.05, 4.69) is 11.8 Å². The van der Waals surface area contributed by atoms with Crippen molar-refractivity contribution in [3.05, 3.63) is 23.3 Å². The van der Waals surface area contributed by atoms with Crippen LogP contribution in [0.3, 0.4) is 0 Å². The van der Waals surface area contributed by atoms with Crippen molar-refractivity contribution in [3.8, 4) is 11.5 Å². The van der Waals surface area contributed by atoms with Gasteiger partial charge in [-0.25, -0.2) is 0 Å². The lowest BCUT2D eigenvalue weighted by Gasteiger charge is -2.30. The van der Waals surface area contributed by atoms with Gasteiger partial charge in [-0.05, 0) is 49.6 Å². The highest BCUT2D eigenvalue weighted by molar-refractivity contribution is 5.47. The lowest BCUT2D eigenvalue weighted by atomic mass is 10.0. The van der Waals surface area contributed by atoms with E-state index in [9.17, 15) is 5.11 Å². The number of aliphatic hydroxyl groups excluding tert-OH is 1. The number of methoxy groups -OCH3 is 2. The van der Waals surface area contributed by atoms with Crippen LogP contribution in [0.5, 0.6) is 11.5 Å². The molecule has 0 saturated carbocycles. The third-order valence-electron chi connectivity index (χ3n) is 3.72. The molecule has 1 aromatic rings. The second-order valence-electron chi connectivity index (χ2n) is 5.16. The van der Waals surface area contributed by atoms with Crippen LogP contribution < -0.4 is 9.47 Å². The zero-order valence-corrected chi connectivity index (χ0v) is 12.0. The first-order valence-corrected chi connectivity index (χ1v) is 6.76. The number of aryl methyl sites for hydroxylation is 1. The molecule has 2 rings (SSSR count). The van der Waals surface area contributed by atoms with Gasteiger partial charge < -0.3 is 14.6 Å². The molecule has 19 heavy (non-hydrogen) atoms. The molecular weight excluding hydrogens is 242 g/mol. The van der Waals surface area contributed by atoms with Crippen molar-refractivity contribution in [3.63, 3.8) is 0 Å². The summed E-state index contributed by atoms with van der Waals surface area (Å²) in [4.78, 5) is 2.29. The summed E-state index contributed by atoms with van der Waals surface area (Å²) < 4.78 is 10.6. The Morgan fingerprint density at radius 3 is 2.58 bits per heavy atom. The summed E-state index contributed by atoms with van der Waals surface area (Å²) in [6.45, 7) is 4.74. The van der Waals surface area contributed by atoms with Crippen LogP contribution in [0.1, 0.15) is 24.0 Å². The standard InChI is InChI=1S/C15H23NO3/c1-11-7-14(18-2)15(19-3)8-12(11)9-16-6-4-5-13(17)10-16/h7-8,13,17H,4-6,9-10H2,1-3H3/t13-/m0/s1. The molecule has 1 N–H and O–H groups in total. The molecule has 0 spiro atoms. The van der Waals surface area contributed by atoms with Gasteiger partial charge in [0.25, 0.3) is 0 Å². The minimum absolute atomic E-state index is 0.186. The molecule has 106 valence electrons. The van der Waals surface area contributed by atoms with Crippen LogP contribution in [0.25, 0.3) is 0 Å². The Morgan fingerprint density at radius 1 is 1.26 bits per heavy atom. The van der Waals surface area contributed by atoms with E-state index < -0.39 is 0 Å². The van der Waals surface area contributed by atoms with Gasteiger partial charge in [0.2, 0.25) is 0 Å². The van der Waals surface area contributed by atoms with Crippen molar-refractivity contribution in [2.75, 3.05) is 27.3 Å². The Labute approximate surface area is 114 Å². The molecule has 0 aromatic heterocycles. The van der Waals surface area contributed by atoms with Crippen LogP contribution in [0.4, 0.5) is 0 Å². The minimum atomic E-state index is -0.186. The highest BCUT2D eigenvalue weighted by Gasteiger charge is 2.19. The van der Waals surface area contributed by atoms with Crippen molar-refractivity contribution in [1.82, 2.24) is 4.90 Å². The van der Waals surface area contributed by atoms with E-state index in [1.807, 2.05) is 12.1 Å². The summed E-state index contributed by atoms with van der Waals surface area (Å²) in [5.41, 5.74) is 2.42. The van der Waals surface area contributed by atoms with E-state index >= 15 is 0 Å². The SMILES string of the molecule is COc1cc(C)c(CN2CCC[C@H](O)C2)cc1OC. The molecule has 1 saturated heterocycles. The van der Waals surface area contributed by atoms with Gasteiger partial charge in [0, 0.05) is 13.1 Å².